The number of benzene rings is 4. The van der Waals surface area contributed by atoms with E-state index in [1.807, 2.05) is 18.2 Å². The van der Waals surface area contributed by atoms with Crippen molar-refractivity contribution in [2.45, 2.75) is 19.3 Å². The van der Waals surface area contributed by atoms with Gasteiger partial charge in [-0.1, -0.05) is 36.4 Å². The second kappa shape index (κ2) is 7.28. The monoisotopic (exact) mass is 404 g/mol. The molecule has 1 N–H and O–H groups in total. The Morgan fingerprint density at radius 2 is 1.58 bits per heavy atom. The Hall–Kier alpha value is -3.59. The van der Waals surface area contributed by atoms with E-state index in [9.17, 15) is 0 Å². The minimum Gasteiger partial charge on any atom is -0.456 e. The lowest BCUT2D eigenvalue weighted by atomic mass is 9.92. The van der Waals surface area contributed by atoms with Gasteiger partial charge in [0.05, 0.1) is 5.36 Å². The summed E-state index contributed by atoms with van der Waals surface area (Å²) in [6.07, 6.45) is 3.81. The van der Waals surface area contributed by atoms with E-state index in [2.05, 4.69) is 65.6 Å². The SMILES string of the molecule is N=c1ccc2c(-c3ccc4ccccc4c3)c3ccc(N4CCCCC4)cc3oc-2c1. The minimum absolute atomic E-state index is 0.465. The van der Waals surface area contributed by atoms with Crippen LogP contribution in [0, 0.1) is 5.41 Å². The summed E-state index contributed by atoms with van der Waals surface area (Å²) in [4.78, 5) is 2.46. The molecule has 0 amide bonds. The molecule has 3 heteroatoms. The zero-order valence-corrected chi connectivity index (χ0v) is 17.4. The highest BCUT2D eigenvalue weighted by Gasteiger charge is 2.19. The van der Waals surface area contributed by atoms with E-state index >= 15 is 0 Å². The molecule has 3 aromatic rings. The average Bonchev–Trinajstić information content (AvgIpc) is 2.82. The van der Waals surface area contributed by atoms with Gasteiger partial charge in [0.25, 0.3) is 0 Å². The molecule has 0 aromatic heterocycles. The van der Waals surface area contributed by atoms with Gasteiger partial charge in [0.15, 0.2) is 0 Å². The first-order chi connectivity index (χ1) is 15.3. The zero-order valence-electron chi connectivity index (χ0n) is 17.4. The third kappa shape index (κ3) is 3.17. The summed E-state index contributed by atoms with van der Waals surface area (Å²) in [7, 11) is 0. The van der Waals surface area contributed by atoms with Gasteiger partial charge >= 0.3 is 0 Å². The van der Waals surface area contributed by atoms with Gasteiger partial charge in [0, 0.05) is 47.4 Å². The van der Waals surface area contributed by atoms with Crippen molar-refractivity contribution >= 4 is 27.4 Å². The topological polar surface area (TPSA) is 40.2 Å². The molecule has 3 nitrogen and oxygen atoms in total. The standard InChI is InChI=1S/C28H24N2O/c29-22-10-12-24-26(17-22)31-27-18-23(30-14-4-1-5-15-30)11-13-25(27)28(24)21-9-8-19-6-2-3-7-20(19)16-21/h2-3,6-13,16-18,29H,1,4-5,14-15H2. The molecule has 31 heavy (non-hydrogen) atoms. The summed E-state index contributed by atoms with van der Waals surface area (Å²) in [6, 6.07) is 27.4. The Labute approximate surface area is 181 Å². The number of rotatable bonds is 2. The van der Waals surface area contributed by atoms with Crippen LogP contribution < -0.4 is 10.3 Å². The Bertz CT molecular complexity index is 1440. The number of piperidine rings is 1. The lowest BCUT2D eigenvalue weighted by molar-refractivity contribution is 0.576. The first kappa shape index (κ1) is 18.2. The van der Waals surface area contributed by atoms with E-state index in [1.165, 1.54) is 46.8 Å². The van der Waals surface area contributed by atoms with Gasteiger partial charge < -0.3 is 14.7 Å². The fraction of sp³-hybridized carbons (Fsp3) is 0.179. The largest absolute Gasteiger partial charge is 0.456 e. The molecule has 0 saturated carbocycles. The van der Waals surface area contributed by atoms with Crippen molar-refractivity contribution in [1.29, 1.82) is 5.41 Å². The number of hydrogen-bond donors (Lipinski definition) is 1. The van der Waals surface area contributed by atoms with Crippen LogP contribution in [0.2, 0.25) is 0 Å². The number of nitrogens with zero attached hydrogens (tertiary/aromatic N) is 1. The lowest BCUT2D eigenvalue weighted by Gasteiger charge is -2.29. The predicted octanol–water partition coefficient (Wildman–Crippen LogP) is 6.83. The van der Waals surface area contributed by atoms with E-state index in [1.54, 1.807) is 0 Å². The predicted molar refractivity (Wildman–Crippen MR) is 128 cm³/mol. The third-order valence-corrected chi connectivity index (χ3v) is 6.46. The van der Waals surface area contributed by atoms with Gasteiger partial charge in [0.1, 0.15) is 11.3 Å². The molecule has 2 aliphatic heterocycles. The van der Waals surface area contributed by atoms with E-state index in [-0.39, 0.29) is 0 Å². The maximum atomic E-state index is 8.10. The number of hydrogen-bond acceptors (Lipinski definition) is 3. The van der Waals surface area contributed by atoms with Crippen LogP contribution in [-0.2, 0) is 0 Å². The summed E-state index contributed by atoms with van der Waals surface area (Å²) < 4.78 is 6.36. The summed E-state index contributed by atoms with van der Waals surface area (Å²) in [5.41, 5.74) is 5.50. The Morgan fingerprint density at radius 1 is 0.742 bits per heavy atom. The molecule has 0 unspecified atom stereocenters. The van der Waals surface area contributed by atoms with E-state index < -0.39 is 0 Å². The van der Waals surface area contributed by atoms with Gasteiger partial charge in [0.2, 0.25) is 0 Å². The Balaban J connectivity index is 1.62. The third-order valence-electron chi connectivity index (χ3n) is 6.46. The molecule has 1 fully saturated rings. The molecule has 152 valence electrons. The fourth-order valence-corrected chi connectivity index (χ4v) is 4.88. The first-order valence-corrected chi connectivity index (χ1v) is 11.1. The molecule has 2 heterocycles. The van der Waals surface area contributed by atoms with Crippen LogP contribution in [-0.4, -0.2) is 13.1 Å². The van der Waals surface area contributed by atoms with Crippen molar-refractivity contribution in [3.05, 3.63) is 84.2 Å². The average molecular weight is 405 g/mol. The molecular formula is C28H24N2O. The lowest BCUT2D eigenvalue weighted by Crippen LogP contribution is -2.29. The maximum Gasteiger partial charge on any atom is 0.137 e. The number of anilines is 1. The Kier molecular flexibility index (Phi) is 4.27. The van der Waals surface area contributed by atoms with E-state index in [0.29, 0.717) is 5.36 Å². The van der Waals surface area contributed by atoms with Crippen molar-refractivity contribution in [3.8, 4) is 22.5 Å². The second-order valence-electron chi connectivity index (χ2n) is 8.48. The molecule has 0 bridgehead atoms. The molecule has 3 aromatic carbocycles. The summed E-state index contributed by atoms with van der Waals surface area (Å²) in [6.45, 7) is 2.21. The van der Waals surface area contributed by atoms with Crippen molar-refractivity contribution in [3.63, 3.8) is 0 Å². The van der Waals surface area contributed by atoms with Gasteiger partial charge in [-0.3, -0.25) is 0 Å². The van der Waals surface area contributed by atoms with Gasteiger partial charge in [-0.25, -0.2) is 0 Å². The van der Waals surface area contributed by atoms with Crippen LogP contribution in [0.4, 0.5) is 5.69 Å². The van der Waals surface area contributed by atoms with Crippen molar-refractivity contribution in [1.82, 2.24) is 0 Å². The highest BCUT2D eigenvalue weighted by molar-refractivity contribution is 6.04. The molecule has 0 atom stereocenters. The van der Waals surface area contributed by atoms with Crippen LogP contribution in [0.25, 0.3) is 44.2 Å². The highest BCUT2D eigenvalue weighted by atomic mass is 16.3. The highest BCUT2D eigenvalue weighted by Crippen LogP contribution is 2.41. The van der Waals surface area contributed by atoms with Crippen LogP contribution in [0.5, 0.6) is 0 Å². The van der Waals surface area contributed by atoms with Crippen LogP contribution in [0.3, 0.4) is 0 Å². The van der Waals surface area contributed by atoms with Crippen molar-refractivity contribution in [2.75, 3.05) is 18.0 Å². The summed E-state index contributed by atoms with van der Waals surface area (Å²) in [5, 5.41) is 12.1. The minimum atomic E-state index is 0.465. The summed E-state index contributed by atoms with van der Waals surface area (Å²) in [5.74, 6) is 0.763. The van der Waals surface area contributed by atoms with Gasteiger partial charge in [-0.2, -0.15) is 0 Å². The Morgan fingerprint density at radius 3 is 2.45 bits per heavy atom. The van der Waals surface area contributed by atoms with E-state index in [4.69, 9.17) is 9.83 Å². The van der Waals surface area contributed by atoms with Gasteiger partial charge in [-0.05, 0) is 65.9 Å². The van der Waals surface area contributed by atoms with Crippen LogP contribution in [0.1, 0.15) is 19.3 Å². The van der Waals surface area contributed by atoms with Crippen LogP contribution >= 0.6 is 0 Å². The summed E-state index contributed by atoms with van der Waals surface area (Å²) >= 11 is 0. The van der Waals surface area contributed by atoms with Crippen molar-refractivity contribution in [2.24, 2.45) is 0 Å². The molecule has 1 aliphatic carbocycles. The zero-order chi connectivity index (χ0) is 20.8. The molecule has 1 saturated heterocycles. The molecule has 3 aliphatic rings. The quantitative estimate of drug-likeness (QED) is 0.328. The number of nitrogens with one attached hydrogen (secondary N) is 1. The van der Waals surface area contributed by atoms with Gasteiger partial charge in [-0.15, -0.1) is 0 Å². The molecule has 6 rings (SSSR count). The molecule has 0 radical (unpaired) electrons. The maximum absolute atomic E-state index is 8.10. The molecule has 0 spiro atoms. The fourth-order valence-electron chi connectivity index (χ4n) is 4.88. The normalized spacial score (nSPS) is 14.5. The smallest absolute Gasteiger partial charge is 0.137 e. The van der Waals surface area contributed by atoms with E-state index in [0.717, 1.165) is 35.4 Å². The van der Waals surface area contributed by atoms with Crippen LogP contribution in [0.15, 0.2) is 83.3 Å². The number of fused-ring (bicyclic) bond motifs is 3. The van der Waals surface area contributed by atoms with Crippen molar-refractivity contribution < 1.29 is 4.42 Å². The molecular weight excluding hydrogens is 380 g/mol. The first-order valence-electron chi connectivity index (χ1n) is 11.1. The second-order valence-corrected chi connectivity index (χ2v) is 8.48.